The van der Waals surface area contributed by atoms with Crippen LogP contribution in [0.4, 0.5) is 4.79 Å². The molecule has 3 amide bonds. The topological polar surface area (TPSA) is 40.6 Å². The number of amides is 3. The summed E-state index contributed by atoms with van der Waals surface area (Å²) in [7, 11) is 0. The smallest absolute Gasteiger partial charge is 0.324 e. The van der Waals surface area contributed by atoms with Crippen LogP contribution < -0.4 is 0 Å². The molecule has 1 aliphatic rings. The van der Waals surface area contributed by atoms with Gasteiger partial charge in [-0.1, -0.05) is 13.3 Å². The highest BCUT2D eigenvalue weighted by atomic mass is 16.2. The van der Waals surface area contributed by atoms with Gasteiger partial charge in [-0.25, -0.2) is 4.79 Å². The van der Waals surface area contributed by atoms with Gasteiger partial charge in [0.1, 0.15) is 0 Å². The number of carbonyl (C=O) groups is 2. The van der Waals surface area contributed by atoms with E-state index in [4.69, 9.17) is 0 Å². The Morgan fingerprint density at radius 1 is 1.29 bits per heavy atom. The number of urea groups is 1. The lowest BCUT2D eigenvalue weighted by molar-refractivity contribution is -0.131. The Hall–Kier alpha value is -1.06. The van der Waals surface area contributed by atoms with E-state index < -0.39 is 0 Å². The van der Waals surface area contributed by atoms with Gasteiger partial charge in [-0.15, -0.1) is 0 Å². The van der Waals surface area contributed by atoms with Gasteiger partial charge in [-0.2, -0.15) is 0 Å². The molecule has 0 aliphatic carbocycles. The fraction of sp³-hybridized carbons (Fsp3) is 0.800. The number of unbranched alkanes of at least 4 members (excludes halogenated alkanes) is 1. The molecular formula is C10H18N2O2. The van der Waals surface area contributed by atoms with E-state index in [1.165, 1.54) is 4.90 Å². The van der Waals surface area contributed by atoms with Crippen LogP contribution in [0.3, 0.4) is 0 Å². The minimum absolute atomic E-state index is 0.0202. The van der Waals surface area contributed by atoms with E-state index in [0.717, 1.165) is 12.8 Å². The quantitative estimate of drug-likeness (QED) is 0.686. The molecule has 0 saturated carbocycles. The summed E-state index contributed by atoms with van der Waals surface area (Å²) < 4.78 is 0. The number of hydrogen-bond acceptors (Lipinski definition) is 2. The molecule has 0 aromatic carbocycles. The molecule has 1 aliphatic heterocycles. The van der Waals surface area contributed by atoms with Crippen molar-refractivity contribution in [3.05, 3.63) is 0 Å². The predicted octanol–water partition coefficient (Wildman–Crippen LogP) is 1.46. The molecule has 0 aromatic rings. The average Bonchev–Trinajstić information content (AvgIpc) is 2.18. The Morgan fingerprint density at radius 2 is 2.00 bits per heavy atom. The maximum Gasteiger partial charge on any atom is 0.326 e. The molecule has 0 atom stereocenters. The summed E-state index contributed by atoms with van der Waals surface area (Å²) in [5, 5.41) is 0. The third kappa shape index (κ3) is 2.25. The van der Waals surface area contributed by atoms with E-state index in [1.807, 2.05) is 6.92 Å². The summed E-state index contributed by atoms with van der Waals surface area (Å²) in [6.45, 7) is 5.83. The van der Waals surface area contributed by atoms with Gasteiger partial charge in [0.15, 0.2) is 0 Å². The number of imide groups is 1. The highest BCUT2D eigenvalue weighted by molar-refractivity contribution is 5.96. The summed E-state index contributed by atoms with van der Waals surface area (Å²) in [6.07, 6.45) is 2.38. The van der Waals surface area contributed by atoms with Crippen molar-refractivity contribution in [2.24, 2.45) is 0 Å². The van der Waals surface area contributed by atoms with E-state index in [0.29, 0.717) is 26.1 Å². The largest absolute Gasteiger partial charge is 0.326 e. The van der Waals surface area contributed by atoms with Gasteiger partial charge in [-0.3, -0.25) is 9.69 Å². The number of hydrogen-bond donors (Lipinski definition) is 0. The number of nitrogens with zero attached hydrogens (tertiary/aromatic N) is 2. The first-order valence-electron chi connectivity index (χ1n) is 5.30. The van der Waals surface area contributed by atoms with Crippen molar-refractivity contribution in [3.8, 4) is 0 Å². The molecule has 14 heavy (non-hydrogen) atoms. The maximum absolute atomic E-state index is 11.7. The molecule has 1 heterocycles. The van der Waals surface area contributed by atoms with E-state index >= 15 is 0 Å². The Balaban J connectivity index is 2.59. The summed E-state index contributed by atoms with van der Waals surface area (Å²) in [5.41, 5.74) is 0. The molecule has 1 rings (SSSR count). The molecule has 1 fully saturated rings. The summed E-state index contributed by atoms with van der Waals surface area (Å²) >= 11 is 0. The van der Waals surface area contributed by atoms with Crippen molar-refractivity contribution in [2.75, 3.05) is 19.6 Å². The molecule has 0 spiro atoms. The first kappa shape index (κ1) is 11.0. The van der Waals surface area contributed by atoms with Gasteiger partial charge in [0.2, 0.25) is 5.91 Å². The third-order valence-corrected chi connectivity index (χ3v) is 2.52. The van der Waals surface area contributed by atoms with Crippen LogP contribution in [0.5, 0.6) is 0 Å². The van der Waals surface area contributed by atoms with Gasteiger partial charge in [0.25, 0.3) is 0 Å². The lowest BCUT2D eigenvalue weighted by atomic mass is 10.2. The summed E-state index contributed by atoms with van der Waals surface area (Å²) in [6, 6.07) is -0.114. The standard InChI is InChI=1S/C10H18N2O2/c1-3-5-7-12-9(13)6-8-11(4-2)10(12)14/h3-8H2,1-2H3. The predicted molar refractivity (Wildman–Crippen MR) is 53.9 cm³/mol. The second-order valence-corrected chi connectivity index (χ2v) is 3.51. The van der Waals surface area contributed by atoms with Crippen LogP contribution in [0.2, 0.25) is 0 Å². The second-order valence-electron chi connectivity index (χ2n) is 3.51. The molecule has 0 bridgehead atoms. The van der Waals surface area contributed by atoms with Crippen LogP contribution >= 0.6 is 0 Å². The first-order chi connectivity index (χ1) is 6.70. The van der Waals surface area contributed by atoms with E-state index in [2.05, 4.69) is 6.92 Å². The Kier molecular flexibility index (Phi) is 3.92. The van der Waals surface area contributed by atoms with Crippen LogP contribution in [0.15, 0.2) is 0 Å². The Bertz CT molecular complexity index is 228. The number of rotatable bonds is 4. The van der Waals surface area contributed by atoms with Gasteiger partial charge in [-0.05, 0) is 13.3 Å². The zero-order valence-electron chi connectivity index (χ0n) is 8.95. The molecule has 1 saturated heterocycles. The lowest BCUT2D eigenvalue weighted by Gasteiger charge is -2.33. The molecule has 0 radical (unpaired) electrons. The van der Waals surface area contributed by atoms with Gasteiger partial charge in [0.05, 0.1) is 0 Å². The van der Waals surface area contributed by atoms with Crippen molar-refractivity contribution >= 4 is 11.9 Å². The molecule has 0 unspecified atom stereocenters. The minimum atomic E-state index is -0.114. The van der Waals surface area contributed by atoms with Gasteiger partial charge >= 0.3 is 6.03 Å². The summed E-state index contributed by atoms with van der Waals surface area (Å²) in [5.74, 6) is -0.0202. The maximum atomic E-state index is 11.7. The van der Waals surface area contributed by atoms with Crippen molar-refractivity contribution in [2.45, 2.75) is 33.1 Å². The fourth-order valence-electron chi connectivity index (χ4n) is 1.57. The van der Waals surface area contributed by atoms with Crippen LogP contribution in [-0.4, -0.2) is 41.4 Å². The van der Waals surface area contributed by atoms with Crippen LogP contribution in [-0.2, 0) is 4.79 Å². The van der Waals surface area contributed by atoms with Gasteiger partial charge in [0, 0.05) is 26.1 Å². The van der Waals surface area contributed by atoms with Crippen LogP contribution in [0.25, 0.3) is 0 Å². The van der Waals surface area contributed by atoms with Gasteiger partial charge < -0.3 is 4.90 Å². The zero-order chi connectivity index (χ0) is 10.6. The van der Waals surface area contributed by atoms with Crippen molar-refractivity contribution in [1.82, 2.24) is 9.80 Å². The van der Waals surface area contributed by atoms with Crippen molar-refractivity contribution in [1.29, 1.82) is 0 Å². The Morgan fingerprint density at radius 3 is 2.57 bits per heavy atom. The molecule has 80 valence electrons. The monoisotopic (exact) mass is 198 g/mol. The third-order valence-electron chi connectivity index (χ3n) is 2.52. The van der Waals surface area contributed by atoms with Crippen LogP contribution in [0, 0.1) is 0 Å². The van der Waals surface area contributed by atoms with Crippen molar-refractivity contribution < 1.29 is 9.59 Å². The lowest BCUT2D eigenvalue weighted by Crippen LogP contribution is -2.52. The Labute approximate surface area is 84.9 Å². The normalized spacial score (nSPS) is 17.9. The van der Waals surface area contributed by atoms with Crippen molar-refractivity contribution in [3.63, 3.8) is 0 Å². The number of carbonyl (C=O) groups excluding carboxylic acids is 2. The van der Waals surface area contributed by atoms with E-state index in [9.17, 15) is 9.59 Å². The minimum Gasteiger partial charge on any atom is -0.324 e. The summed E-state index contributed by atoms with van der Waals surface area (Å²) in [4.78, 5) is 26.3. The molecular weight excluding hydrogens is 180 g/mol. The van der Waals surface area contributed by atoms with E-state index in [-0.39, 0.29) is 11.9 Å². The molecule has 4 heteroatoms. The molecule has 0 aromatic heterocycles. The average molecular weight is 198 g/mol. The fourth-order valence-corrected chi connectivity index (χ4v) is 1.57. The highest BCUT2D eigenvalue weighted by Gasteiger charge is 2.29. The molecule has 4 nitrogen and oxygen atoms in total. The van der Waals surface area contributed by atoms with Crippen LogP contribution in [0.1, 0.15) is 33.1 Å². The zero-order valence-corrected chi connectivity index (χ0v) is 8.95. The van der Waals surface area contributed by atoms with E-state index in [1.54, 1.807) is 4.90 Å². The highest BCUT2D eigenvalue weighted by Crippen LogP contribution is 2.11. The molecule has 0 N–H and O–H groups in total. The SMILES string of the molecule is CCCCN1C(=O)CCN(CC)C1=O. The first-order valence-corrected chi connectivity index (χ1v) is 5.30. The second kappa shape index (κ2) is 4.98.